The lowest BCUT2D eigenvalue weighted by Crippen LogP contribution is -2.52. The number of hydrogen-bond donors (Lipinski definition) is 1. The molecule has 10 heteroatoms. The van der Waals surface area contributed by atoms with Gasteiger partial charge in [-0.1, -0.05) is 68.8 Å². The zero-order chi connectivity index (χ0) is 30.0. The van der Waals surface area contributed by atoms with Crippen LogP contribution in [0, 0.1) is 5.92 Å². The number of amides is 2. The first kappa shape index (κ1) is 32.0. The van der Waals surface area contributed by atoms with Gasteiger partial charge in [0.1, 0.15) is 18.3 Å². The highest BCUT2D eigenvalue weighted by molar-refractivity contribution is 7.92. The molecule has 0 aromatic heterocycles. The Morgan fingerprint density at radius 1 is 0.927 bits per heavy atom. The van der Waals surface area contributed by atoms with Crippen LogP contribution in [0.25, 0.3) is 0 Å². The maximum absolute atomic E-state index is 14.1. The number of anilines is 1. The monoisotopic (exact) mass is 599 g/mol. The van der Waals surface area contributed by atoms with E-state index in [9.17, 15) is 18.0 Å². The summed E-state index contributed by atoms with van der Waals surface area (Å²) in [6.07, 6.45) is 0.328. The molecule has 1 N–H and O–H groups in total. The molecule has 0 fully saturated rings. The topological polar surface area (TPSA) is 96.0 Å². The fraction of sp³-hybridized carbons (Fsp3) is 0.355. The Balaban J connectivity index is 2.04. The molecule has 0 bridgehead atoms. The van der Waals surface area contributed by atoms with Crippen molar-refractivity contribution in [3.05, 3.63) is 89.4 Å². The Hall–Kier alpha value is -3.56. The minimum atomic E-state index is -4.14. The molecule has 1 atom stereocenters. The van der Waals surface area contributed by atoms with Crippen molar-refractivity contribution in [1.29, 1.82) is 0 Å². The Kier molecular flexibility index (Phi) is 11.6. The number of nitrogens with zero attached hydrogens (tertiary/aromatic N) is 2. The Morgan fingerprint density at radius 3 is 2.15 bits per heavy atom. The van der Waals surface area contributed by atoms with E-state index in [1.54, 1.807) is 66.7 Å². The van der Waals surface area contributed by atoms with Crippen LogP contribution in [-0.4, -0.2) is 50.9 Å². The van der Waals surface area contributed by atoms with Crippen molar-refractivity contribution >= 4 is 39.1 Å². The van der Waals surface area contributed by atoms with Gasteiger partial charge in [0.2, 0.25) is 11.8 Å². The van der Waals surface area contributed by atoms with Gasteiger partial charge in [0.15, 0.2) is 0 Å². The summed E-state index contributed by atoms with van der Waals surface area (Å²) in [6, 6.07) is 20.7. The Bertz CT molecular complexity index is 1400. The first-order valence-corrected chi connectivity index (χ1v) is 15.5. The SMILES string of the molecule is CCOc1ccc(N(CC(=O)N(Cc2ccccc2Cl)C(CC)C(=O)NCC(C)C)S(=O)(=O)c2ccccc2)cc1. The lowest BCUT2D eigenvalue weighted by Gasteiger charge is -2.33. The Labute approximate surface area is 248 Å². The molecule has 1 unspecified atom stereocenters. The molecule has 3 rings (SSSR count). The van der Waals surface area contributed by atoms with E-state index in [2.05, 4.69) is 5.32 Å². The van der Waals surface area contributed by atoms with E-state index >= 15 is 0 Å². The van der Waals surface area contributed by atoms with Crippen LogP contribution in [-0.2, 0) is 26.2 Å². The molecule has 0 aliphatic rings. The van der Waals surface area contributed by atoms with Gasteiger partial charge in [0.05, 0.1) is 17.2 Å². The van der Waals surface area contributed by atoms with Crippen LogP contribution in [0.4, 0.5) is 5.69 Å². The molecule has 41 heavy (non-hydrogen) atoms. The standard InChI is InChI=1S/C31H38ClN3O5S/c1-5-29(31(37)33-20-23(3)4)34(21-24-12-10-11-15-28(24)32)30(36)22-35(25-16-18-26(19-17-25)40-6-2)41(38,39)27-13-8-7-9-14-27/h7-19,23,29H,5-6,20-22H2,1-4H3,(H,33,37). The zero-order valence-corrected chi connectivity index (χ0v) is 25.5. The normalized spacial score (nSPS) is 12.0. The van der Waals surface area contributed by atoms with Gasteiger partial charge >= 0.3 is 0 Å². The van der Waals surface area contributed by atoms with Crippen molar-refractivity contribution in [2.45, 2.75) is 51.6 Å². The van der Waals surface area contributed by atoms with E-state index in [0.29, 0.717) is 41.6 Å². The molecule has 3 aromatic rings. The molecular weight excluding hydrogens is 562 g/mol. The highest BCUT2D eigenvalue weighted by Crippen LogP contribution is 2.27. The third-order valence-electron chi connectivity index (χ3n) is 6.41. The fourth-order valence-electron chi connectivity index (χ4n) is 4.28. The van der Waals surface area contributed by atoms with Crippen LogP contribution in [0.5, 0.6) is 5.75 Å². The average Bonchev–Trinajstić information content (AvgIpc) is 2.96. The van der Waals surface area contributed by atoms with Crippen molar-refractivity contribution in [3.8, 4) is 5.75 Å². The van der Waals surface area contributed by atoms with Crippen molar-refractivity contribution < 1.29 is 22.7 Å². The van der Waals surface area contributed by atoms with Gasteiger partial charge in [-0.25, -0.2) is 8.42 Å². The summed E-state index contributed by atoms with van der Waals surface area (Å²) < 4.78 is 34.4. The van der Waals surface area contributed by atoms with Gasteiger partial charge in [-0.3, -0.25) is 13.9 Å². The third-order valence-corrected chi connectivity index (χ3v) is 8.57. The van der Waals surface area contributed by atoms with E-state index in [-0.39, 0.29) is 23.3 Å². The average molecular weight is 600 g/mol. The molecule has 3 aromatic carbocycles. The fourth-order valence-corrected chi connectivity index (χ4v) is 5.91. The molecule has 0 spiro atoms. The number of benzene rings is 3. The van der Waals surface area contributed by atoms with Crippen molar-refractivity contribution in [1.82, 2.24) is 10.2 Å². The van der Waals surface area contributed by atoms with Crippen LogP contribution in [0.2, 0.25) is 5.02 Å². The number of halogens is 1. The predicted molar refractivity (Wildman–Crippen MR) is 163 cm³/mol. The summed E-state index contributed by atoms with van der Waals surface area (Å²) in [6.45, 7) is 8.06. The number of rotatable bonds is 14. The predicted octanol–water partition coefficient (Wildman–Crippen LogP) is 5.51. The quantitative estimate of drug-likeness (QED) is 0.263. The summed E-state index contributed by atoms with van der Waals surface area (Å²) in [5.74, 6) is -0.0480. The van der Waals surface area contributed by atoms with Crippen LogP contribution < -0.4 is 14.4 Å². The van der Waals surface area contributed by atoms with Gasteiger partial charge in [0.25, 0.3) is 10.0 Å². The van der Waals surface area contributed by atoms with Crippen LogP contribution >= 0.6 is 11.6 Å². The summed E-state index contributed by atoms with van der Waals surface area (Å²) >= 11 is 6.44. The van der Waals surface area contributed by atoms with Crippen LogP contribution in [0.1, 0.15) is 39.7 Å². The second-order valence-electron chi connectivity index (χ2n) is 9.93. The number of hydrogen-bond acceptors (Lipinski definition) is 5. The minimum absolute atomic E-state index is 0.0363. The molecule has 8 nitrogen and oxygen atoms in total. The second-order valence-corrected chi connectivity index (χ2v) is 12.2. The van der Waals surface area contributed by atoms with Gasteiger partial charge in [0, 0.05) is 18.1 Å². The lowest BCUT2D eigenvalue weighted by atomic mass is 10.1. The largest absolute Gasteiger partial charge is 0.494 e. The lowest BCUT2D eigenvalue weighted by molar-refractivity contribution is -0.140. The zero-order valence-electron chi connectivity index (χ0n) is 23.9. The molecule has 0 aliphatic heterocycles. The number of ether oxygens (including phenoxy) is 1. The van der Waals surface area contributed by atoms with Crippen LogP contribution in [0.3, 0.4) is 0 Å². The number of carbonyl (C=O) groups excluding carboxylic acids is 2. The Morgan fingerprint density at radius 2 is 1.56 bits per heavy atom. The van der Waals surface area contributed by atoms with E-state index < -0.39 is 28.5 Å². The maximum atomic E-state index is 14.1. The van der Waals surface area contributed by atoms with Gasteiger partial charge in [-0.15, -0.1) is 0 Å². The van der Waals surface area contributed by atoms with Crippen molar-refractivity contribution in [3.63, 3.8) is 0 Å². The maximum Gasteiger partial charge on any atom is 0.264 e. The van der Waals surface area contributed by atoms with E-state index in [4.69, 9.17) is 16.3 Å². The van der Waals surface area contributed by atoms with E-state index in [1.165, 1.54) is 17.0 Å². The highest BCUT2D eigenvalue weighted by Gasteiger charge is 2.34. The molecule has 0 saturated carbocycles. The molecule has 2 amide bonds. The first-order chi connectivity index (χ1) is 19.6. The first-order valence-electron chi connectivity index (χ1n) is 13.7. The second kappa shape index (κ2) is 14.9. The van der Waals surface area contributed by atoms with Gasteiger partial charge < -0.3 is 15.0 Å². The van der Waals surface area contributed by atoms with E-state index in [0.717, 1.165) is 4.31 Å². The summed E-state index contributed by atoms with van der Waals surface area (Å²) in [5.41, 5.74) is 0.941. The highest BCUT2D eigenvalue weighted by atomic mass is 35.5. The van der Waals surface area contributed by atoms with Crippen LogP contribution in [0.15, 0.2) is 83.8 Å². The number of nitrogens with one attached hydrogen (secondary N) is 1. The summed E-state index contributed by atoms with van der Waals surface area (Å²) in [5, 5.41) is 3.36. The molecule has 220 valence electrons. The summed E-state index contributed by atoms with van der Waals surface area (Å²) in [4.78, 5) is 28.9. The van der Waals surface area contributed by atoms with Crippen molar-refractivity contribution in [2.75, 3.05) is 24.0 Å². The minimum Gasteiger partial charge on any atom is -0.494 e. The molecule has 0 saturated heterocycles. The smallest absolute Gasteiger partial charge is 0.264 e. The molecular formula is C31H38ClN3O5S. The van der Waals surface area contributed by atoms with Gasteiger partial charge in [-0.05, 0) is 67.3 Å². The van der Waals surface area contributed by atoms with Crippen molar-refractivity contribution in [2.24, 2.45) is 5.92 Å². The molecule has 0 aliphatic carbocycles. The molecule has 0 radical (unpaired) electrons. The molecule has 0 heterocycles. The summed E-state index contributed by atoms with van der Waals surface area (Å²) in [7, 11) is -4.14. The van der Waals surface area contributed by atoms with E-state index in [1.807, 2.05) is 27.7 Å². The third kappa shape index (κ3) is 8.47. The van der Waals surface area contributed by atoms with Gasteiger partial charge in [-0.2, -0.15) is 0 Å². The number of carbonyl (C=O) groups is 2. The number of sulfonamides is 1.